The lowest BCUT2D eigenvalue weighted by Crippen LogP contribution is -2.38. The molecule has 6 nitrogen and oxygen atoms in total. The Morgan fingerprint density at radius 3 is 3.21 bits per heavy atom. The van der Waals surface area contributed by atoms with Crippen LogP contribution in [0, 0.1) is 0 Å². The molecule has 19 heavy (non-hydrogen) atoms. The third kappa shape index (κ3) is 1.81. The van der Waals surface area contributed by atoms with E-state index in [1.807, 2.05) is 6.07 Å². The van der Waals surface area contributed by atoms with Gasteiger partial charge in [0.2, 0.25) is 5.67 Å². The van der Waals surface area contributed by atoms with Gasteiger partial charge in [-0.15, -0.1) is 0 Å². The average molecular weight is 264 g/mol. The van der Waals surface area contributed by atoms with Gasteiger partial charge in [-0.1, -0.05) is 0 Å². The Morgan fingerprint density at radius 1 is 1.58 bits per heavy atom. The molecule has 0 spiro atoms. The number of fused-ring (bicyclic) bond motifs is 1. The van der Waals surface area contributed by atoms with Crippen molar-refractivity contribution in [1.82, 2.24) is 15.0 Å². The molecule has 1 saturated heterocycles. The number of esters is 1. The molecule has 0 bridgehead atoms. The number of anilines is 1. The van der Waals surface area contributed by atoms with Gasteiger partial charge in [-0.05, 0) is 6.07 Å². The number of nitrogens with one attached hydrogen (secondary N) is 1. The van der Waals surface area contributed by atoms with Gasteiger partial charge in [-0.3, -0.25) is 0 Å². The molecule has 0 amide bonds. The Hall–Kier alpha value is -2.18. The second kappa shape index (κ2) is 4.18. The molecule has 3 heterocycles. The predicted octanol–water partition coefficient (Wildman–Crippen LogP) is 1.05. The number of methoxy groups -OCH3 is 1. The van der Waals surface area contributed by atoms with E-state index in [4.69, 9.17) is 0 Å². The summed E-state index contributed by atoms with van der Waals surface area (Å²) in [6, 6.07) is 1.83. The first-order valence-corrected chi connectivity index (χ1v) is 5.94. The summed E-state index contributed by atoms with van der Waals surface area (Å²) in [5, 5.41) is 0.816. The number of nitrogens with zero attached hydrogens (tertiary/aromatic N) is 3. The summed E-state index contributed by atoms with van der Waals surface area (Å²) >= 11 is 0. The predicted molar refractivity (Wildman–Crippen MR) is 66.6 cm³/mol. The van der Waals surface area contributed by atoms with Crippen LogP contribution in [0.3, 0.4) is 0 Å². The quantitative estimate of drug-likeness (QED) is 0.821. The zero-order valence-electron chi connectivity index (χ0n) is 10.4. The average Bonchev–Trinajstić information content (AvgIpc) is 3.04. The van der Waals surface area contributed by atoms with E-state index in [2.05, 4.69) is 19.7 Å². The smallest absolute Gasteiger partial charge is 0.345 e. The fourth-order valence-corrected chi connectivity index (χ4v) is 2.41. The number of hydrogen-bond donors (Lipinski definition) is 1. The number of hydrogen-bond acceptors (Lipinski definition) is 5. The van der Waals surface area contributed by atoms with Gasteiger partial charge in [0.15, 0.2) is 0 Å². The van der Waals surface area contributed by atoms with Gasteiger partial charge in [0, 0.05) is 19.2 Å². The maximum atomic E-state index is 14.4. The second-order valence-corrected chi connectivity index (χ2v) is 4.57. The third-order valence-corrected chi connectivity index (χ3v) is 3.40. The van der Waals surface area contributed by atoms with Crippen LogP contribution in [0.1, 0.15) is 6.42 Å². The van der Waals surface area contributed by atoms with Crippen LogP contribution in [-0.2, 0) is 9.53 Å². The van der Waals surface area contributed by atoms with E-state index in [9.17, 15) is 9.18 Å². The van der Waals surface area contributed by atoms with E-state index in [1.54, 1.807) is 11.1 Å². The van der Waals surface area contributed by atoms with Crippen LogP contribution in [0.15, 0.2) is 18.6 Å². The highest BCUT2D eigenvalue weighted by Gasteiger charge is 2.47. The van der Waals surface area contributed by atoms with Crippen LogP contribution in [0.4, 0.5) is 10.2 Å². The van der Waals surface area contributed by atoms with Gasteiger partial charge in [0.1, 0.15) is 17.8 Å². The molecule has 0 radical (unpaired) electrons. The first kappa shape index (κ1) is 11.9. The molecular weight excluding hydrogens is 251 g/mol. The van der Waals surface area contributed by atoms with Crippen LogP contribution in [0.5, 0.6) is 0 Å². The van der Waals surface area contributed by atoms with Crippen molar-refractivity contribution in [3.63, 3.8) is 0 Å². The zero-order valence-corrected chi connectivity index (χ0v) is 10.4. The highest BCUT2D eigenvalue weighted by Crippen LogP contribution is 2.32. The van der Waals surface area contributed by atoms with Crippen molar-refractivity contribution in [2.24, 2.45) is 0 Å². The number of ether oxygens (including phenoxy) is 1. The molecular formula is C12H13FN4O2. The molecule has 2 aromatic rings. The van der Waals surface area contributed by atoms with E-state index < -0.39 is 11.6 Å². The molecule has 1 aliphatic heterocycles. The molecule has 100 valence electrons. The largest absolute Gasteiger partial charge is 0.467 e. The lowest BCUT2D eigenvalue weighted by atomic mass is 10.1. The Balaban J connectivity index is 1.93. The summed E-state index contributed by atoms with van der Waals surface area (Å²) in [6.07, 6.45) is 3.28. The lowest BCUT2D eigenvalue weighted by Gasteiger charge is -2.19. The topological polar surface area (TPSA) is 71.1 Å². The second-order valence-electron chi connectivity index (χ2n) is 4.57. The normalized spacial score (nSPS) is 22.9. The number of aromatic amines is 1. The number of alkyl halides is 1. The minimum Gasteiger partial charge on any atom is -0.467 e. The molecule has 0 aliphatic carbocycles. The molecule has 3 rings (SSSR count). The van der Waals surface area contributed by atoms with Crippen molar-refractivity contribution in [3.05, 3.63) is 18.6 Å². The summed E-state index contributed by atoms with van der Waals surface area (Å²) in [4.78, 5) is 24.5. The van der Waals surface area contributed by atoms with E-state index in [0.29, 0.717) is 18.0 Å². The van der Waals surface area contributed by atoms with Crippen LogP contribution in [-0.4, -0.2) is 46.8 Å². The minimum absolute atomic E-state index is 0.0447. The van der Waals surface area contributed by atoms with E-state index in [1.165, 1.54) is 13.4 Å². The molecule has 1 aliphatic rings. The van der Waals surface area contributed by atoms with Crippen molar-refractivity contribution in [3.8, 4) is 0 Å². The number of carbonyl (C=O) groups excluding carboxylic acids is 1. The molecule has 0 aromatic carbocycles. The lowest BCUT2D eigenvalue weighted by molar-refractivity contribution is -0.153. The van der Waals surface area contributed by atoms with Gasteiger partial charge in [-0.2, -0.15) is 0 Å². The van der Waals surface area contributed by atoms with Gasteiger partial charge in [0.05, 0.1) is 19.0 Å². The van der Waals surface area contributed by atoms with Crippen molar-refractivity contribution < 1.29 is 13.9 Å². The maximum Gasteiger partial charge on any atom is 0.345 e. The third-order valence-electron chi connectivity index (χ3n) is 3.40. The van der Waals surface area contributed by atoms with Crippen LogP contribution >= 0.6 is 0 Å². The van der Waals surface area contributed by atoms with E-state index in [-0.39, 0.29) is 13.0 Å². The number of rotatable bonds is 2. The first-order chi connectivity index (χ1) is 9.14. The summed E-state index contributed by atoms with van der Waals surface area (Å²) < 4.78 is 18.9. The van der Waals surface area contributed by atoms with Crippen LogP contribution in [0.2, 0.25) is 0 Å². The molecule has 1 unspecified atom stereocenters. The Morgan fingerprint density at radius 2 is 2.42 bits per heavy atom. The number of carbonyl (C=O) groups is 1. The summed E-state index contributed by atoms with van der Waals surface area (Å²) in [7, 11) is 1.20. The van der Waals surface area contributed by atoms with Crippen molar-refractivity contribution in [2.75, 3.05) is 25.1 Å². The highest BCUT2D eigenvalue weighted by atomic mass is 19.1. The fourth-order valence-electron chi connectivity index (χ4n) is 2.41. The Bertz CT molecular complexity index is 629. The SMILES string of the molecule is COC(=O)C1(F)CCN(c2ncnc3[nH]ccc23)C1. The van der Waals surface area contributed by atoms with Crippen LogP contribution < -0.4 is 4.90 Å². The Labute approximate surface area is 108 Å². The molecule has 0 saturated carbocycles. The monoisotopic (exact) mass is 264 g/mol. The van der Waals surface area contributed by atoms with Crippen molar-refractivity contribution >= 4 is 22.8 Å². The summed E-state index contributed by atoms with van der Waals surface area (Å²) in [5.41, 5.74) is -1.26. The molecule has 7 heteroatoms. The van der Waals surface area contributed by atoms with Crippen LogP contribution in [0.25, 0.3) is 11.0 Å². The number of aromatic nitrogens is 3. The summed E-state index contributed by atoms with van der Waals surface area (Å²) in [6.45, 7) is 0.375. The first-order valence-electron chi connectivity index (χ1n) is 5.94. The summed E-state index contributed by atoms with van der Waals surface area (Å²) in [5.74, 6) is -0.191. The highest BCUT2D eigenvalue weighted by molar-refractivity contribution is 5.88. The van der Waals surface area contributed by atoms with Gasteiger partial charge >= 0.3 is 5.97 Å². The molecule has 1 fully saturated rings. The number of H-pyrrole nitrogens is 1. The van der Waals surface area contributed by atoms with Gasteiger partial charge in [-0.25, -0.2) is 19.2 Å². The Kier molecular flexibility index (Phi) is 2.62. The fraction of sp³-hybridized carbons (Fsp3) is 0.417. The molecule has 1 N–H and O–H groups in total. The van der Waals surface area contributed by atoms with E-state index in [0.717, 1.165) is 5.39 Å². The maximum absolute atomic E-state index is 14.4. The van der Waals surface area contributed by atoms with E-state index >= 15 is 0 Å². The van der Waals surface area contributed by atoms with Gasteiger partial charge in [0.25, 0.3) is 0 Å². The molecule has 2 aromatic heterocycles. The standard InChI is InChI=1S/C12H13FN4O2/c1-19-11(18)12(13)3-5-17(6-12)10-8-2-4-14-9(8)15-7-16-10/h2,4,7H,3,5-6H2,1H3,(H,14,15,16). The molecule has 1 atom stereocenters. The van der Waals surface area contributed by atoms with Crippen molar-refractivity contribution in [1.29, 1.82) is 0 Å². The number of halogens is 1. The van der Waals surface area contributed by atoms with Crippen molar-refractivity contribution in [2.45, 2.75) is 12.1 Å². The van der Waals surface area contributed by atoms with Gasteiger partial charge < -0.3 is 14.6 Å². The minimum atomic E-state index is -1.96. The zero-order chi connectivity index (χ0) is 13.5.